The van der Waals surface area contributed by atoms with Crippen molar-refractivity contribution in [2.45, 2.75) is 12.5 Å². The summed E-state index contributed by atoms with van der Waals surface area (Å²) in [4.78, 5) is 15.6. The largest absolute Gasteiger partial charge is 0.467 e. The van der Waals surface area contributed by atoms with E-state index >= 15 is 0 Å². The number of thioether (sulfide) groups is 1. The highest BCUT2D eigenvalue weighted by Crippen LogP contribution is 2.37. The van der Waals surface area contributed by atoms with E-state index in [0.717, 1.165) is 17.0 Å². The maximum atomic E-state index is 11.5. The van der Waals surface area contributed by atoms with E-state index in [-0.39, 0.29) is 11.9 Å². The summed E-state index contributed by atoms with van der Waals surface area (Å²) < 4.78 is 5.55. The van der Waals surface area contributed by atoms with Crippen LogP contribution in [-0.4, -0.2) is 27.5 Å². The summed E-state index contributed by atoms with van der Waals surface area (Å²) in [7, 11) is 0. The number of rotatable bonds is 2. The number of carbonyl (C=O) groups is 1. The second kappa shape index (κ2) is 6.27. The summed E-state index contributed by atoms with van der Waals surface area (Å²) in [5, 5.41) is 8.00. The van der Waals surface area contributed by atoms with Crippen LogP contribution in [0.1, 0.15) is 23.8 Å². The summed E-state index contributed by atoms with van der Waals surface area (Å²) in [6.45, 7) is 0. The van der Waals surface area contributed by atoms with Gasteiger partial charge in [0.15, 0.2) is 5.17 Å². The molecule has 0 N–H and O–H groups in total. The molecule has 2 aromatic rings. The van der Waals surface area contributed by atoms with Crippen molar-refractivity contribution in [1.82, 2.24) is 5.01 Å². The van der Waals surface area contributed by atoms with Gasteiger partial charge < -0.3 is 4.42 Å². The molecule has 1 aromatic heterocycles. The lowest BCUT2D eigenvalue weighted by molar-refractivity contribution is -0.115. The zero-order chi connectivity index (χ0) is 16.7. The predicted octanol–water partition coefficient (Wildman–Crippen LogP) is 4.37. The molecule has 4 rings (SSSR count). The van der Waals surface area contributed by atoms with Crippen LogP contribution >= 0.6 is 35.0 Å². The molecule has 2 aliphatic heterocycles. The van der Waals surface area contributed by atoms with Gasteiger partial charge in [-0.25, -0.2) is 5.01 Å². The minimum atomic E-state index is -0.147. The average Bonchev–Trinajstić information content (AvgIpc) is 3.28. The van der Waals surface area contributed by atoms with Gasteiger partial charge in [-0.05, 0) is 29.8 Å². The van der Waals surface area contributed by atoms with Crippen molar-refractivity contribution >= 4 is 51.8 Å². The second-order valence-corrected chi connectivity index (χ2v) is 7.09. The molecule has 0 radical (unpaired) electrons. The van der Waals surface area contributed by atoms with Gasteiger partial charge in [-0.2, -0.15) is 10.1 Å². The topological polar surface area (TPSA) is 58.2 Å². The average molecular weight is 380 g/mol. The Morgan fingerprint density at radius 1 is 1.25 bits per heavy atom. The fourth-order valence-electron chi connectivity index (χ4n) is 2.65. The molecule has 5 nitrogen and oxygen atoms in total. The van der Waals surface area contributed by atoms with E-state index in [1.807, 2.05) is 18.2 Å². The molecule has 2 aliphatic rings. The highest BCUT2D eigenvalue weighted by Gasteiger charge is 2.36. The van der Waals surface area contributed by atoms with Crippen molar-refractivity contribution in [3.05, 3.63) is 58.0 Å². The molecule has 24 heavy (non-hydrogen) atoms. The third-order valence-corrected chi connectivity index (χ3v) is 5.44. The van der Waals surface area contributed by atoms with Crippen LogP contribution in [-0.2, 0) is 4.79 Å². The Labute approximate surface area is 152 Å². The summed E-state index contributed by atoms with van der Waals surface area (Å²) in [5.41, 5.74) is 1.73. The Kier molecular flexibility index (Phi) is 4.12. The Balaban J connectivity index is 1.72. The molecule has 8 heteroatoms. The smallest absolute Gasteiger partial charge is 0.258 e. The number of hydrogen-bond donors (Lipinski definition) is 0. The van der Waals surface area contributed by atoms with E-state index in [9.17, 15) is 4.79 Å². The molecule has 0 spiro atoms. The van der Waals surface area contributed by atoms with Crippen molar-refractivity contribution in [2.24, 2.45) is 10.1 Å². The van der Waals surface area contributed by atoms with Gasteiger partial charge in [-0.15, -0.1) is 0 Å². The number of hydrazone groups is 1. The highest BCUT2D eigenvalue weighted by atomic mass is 35.5. The standard InChI is InChI=1S/C16H11Cl2N3O2S/c17-10-4-3-9(6-11(10)18)12-7-13(14-2-1-5-23-14)21(20-12)16-19-15(22)8-24-16/h1-6,13H,7-8H2. The van der Waals surface area contributed by atoms with Gasteiger partial charge in [0.25, 0.3) is 5.91 Å². The summed E-state index contributed by atoms with van der Waals surface area (Å²) in [6, 6.07) is 9.01. The van der Waals surface area contributed by atoms with E-state index < -0.39 is 0 Å². The van der Waals surface area contributed by atoms with Crippen LogP contribution in [0, 0.1) is 0 Å². The monoisotopic (exact) mass is 379 g/mol. The fraction of sp³-hybridized carbons (Fsp3) is 0.188. The molecule has 122 valence electrons. The van der Waals surface area contributed by atoms with Crippen LogP contribution in [0.2, 0.25) is 10.0 Å². The van der Waals surface area contributed by atoms with Crippen molar-refractivity contribution in [3.63, 3.8) is 0 Å². The van der Waals surface area contributed by atoms with Crippen LogP contribution in [0.4, 0.5) is 0 Å². The van der Waals surface area contributed by atoms with E-state index in [0.29, 0.717) is 27.4 Å². The van der Waals surface area contributed by atoms with Gasteiger partial charge in [0.2, 0.25) is 0 Å². The number of carbonyl (C=O) groups excluding carboxylic acids is 1. The highest BCUT2D eigenvalue weighted by molar-refractivity contribution is 8.14. The molecule has 0 aliphatic carbocycles. The van der Waals surface area contributed by atoms with Crippen LogP contribution in [0.5, 0.6) is 0 Å². The predicted molar refractivity (Wildman–Crippen MR) is 95.8 cm³/mol. The zero-order valence-electron chi connectivity index (χ0n) is 12.3. The quantitative estimate of drug-likeness (QED) is 0.777. The third kappa shape index (κ3) is 2.85. The first kappa shape index (κ1) is 15.7. The number of aliphatic imine (C=N–C) groups is 1. The van der Waals surface area contributed by atoms with E-state index in [1.165, 1.54) is 11.8 Å². The molecule has 0 saturated carbocycles. The van der Waals surface area contributed by atoms with Crippen LogP contribution in [0.25, 0.3) is 0 Å². The Morgan fingerprint density at radius 3 is 2.79 bits per heavy atom. The molecule has 1 aromatic carbocycles. The van der Waals surface area contributed by atoms with Gasteiger partial charge in [0.05, 0.1) is 27.8 Å². The van der Waals surface area contributed by atoms with Crippen molar-refractivity contribution < 1.29 is 9.21 Å². The number of hydrogen-bond acceptors (Lipinski definition) is 5. The molecule has 3 heterocycles. The van der Waals surface area contributed by atoms with Crippen LogP contribution in [0.15, 0.2) is 51.1 Å². The van der Waals surface area contributed by atoms with E-state index in [1.54, 1.807) is 23.4 Å². The number of halogens is 2. The van der Waals surface area contributed by atoms with Crippen molar-refractivity contribution in [3.8, 4) is 0 Å². The summed E-state index contributed by atoms with van der Waals surface area (Å²) >= 11 is 13.5. The lowest BCUT2D eigenvalue weighted by Gasteiger charge is -2.20. The maximum absolute atomic E-state index is 11.5. The van der Waals surface area contributed by atoms with Gasteiger partial charge in [0.1, 0.15) is 11.8 Å². The summed E-state index contributed by atoms with van der Waals surface area (Å²) in [6.07, 6.45) is 2.25. The minimum absolute atomic E-state index is 0.137. The maximum Gasteiger partial charge on any atom is 0.258 e. The van der Waals surface area contributed by atoms with Crippen molar-refractivity contribution in [1.29, 1.82) is 0 Å². The SMILES string of the molecule is O=C1CSC(N2N=C(c3ccc(Cl)c(Cl)c3)CC2c2ccco2)=N1. The van der Waals surface area contributed by atoms with Gasteiger partial charge >= 0.3 is 0 Å². The first-order valence-electron chi connectivity index (χ1n) is 7.21. The Bertz CT molecular complexity index is 864. The molecule has 1 atom stereocenters. The van der Waals surface area contributed by atoms with Gasteiger partial charge in [0, 0.05) is 6.42 Å². The lowest BCUT2D eigenvalue weighted by Crippen LogP contribution is -2.23. The molecule has 1 unspecified atom stereocenters. The first-order chi connectivity index (χ1) is 11.6. The number of nitrogens with zero attached hydrogens (tertiary/aromatic N) is 3. The Morgan fingerprint density at radius 2 is 2.12 bits per heavy atom. The number of benzene rings is 1. The molecule has 0 saturated heterocycles. The molecule has 0 fully saturated rings. The fourth-order valence-corrected chi connectivity index (χ4v) is 3.74. The van der Waals surface area contributed by atoms with E-state index in [4.69, 9.17) is 27.6 Å². The minimum Gasteiger partial charge on any atom is -0.467 e. The Hall–Kier alpha value is -1.76. The third-order valence-electron chi connectivity index (χ3n) is 3.78. The zero-order valence-corrected chi connectivity index (χ0v) is 14.6. The molecule has 0 bridgehead atoms. The van der Waals surface area contributed by atoms with Crippen molar-refractivity contribution in [2.75, 3.05) is 5.75 Å². The van der Waals surface area contributed by atoms with Gasteiger partial charge in [-0.3, -0.25) is 4.79 Å². The molecule has 1 amide bonds. The number of amides is 1. The summed E-state index contributed by atoms with van der Waals surface area (Å²) in [5.74, 6) is 0.969. The second-order valence-electron chi connectivity index (χ2n) is 5.33. The van der Waals surface area contributed by atoms with Crippen LogP contribution < -0.4 is 0 Å². The number of amidine groups is 1. The molecular weight excluding hydrogens is 369 g/mol. The first-order valence-corrected chi connectivity index (χ1v) is 8.96. The molecular formula is C16H11Cl2N3O2S. The number of furan rings is 1. The van der Waals surface area contributed by atoms with Crippen LogP contribution in [0.3, 0.4) is 0 Å². The normalized spacial score (nSPS) is 20.5. The van der Waals surface area contributed by atoms with Gasteiger partial charge in [-0.1, -0.05) is 41.0 Å². The lowest BCUT2D eigenvalue weighted by atomic mass is 10.0. The van der Waals surface area contributed by atoms with E-state index in [2.05, 4.69) is 10.1 Å².